The third-order valence-corrected chi connectivity index (χ3v) is 7.27. The monoisotopic (exact) mass is 451 g/mol. The molecular weight excluding hydrogens is 426 g/mol. The fraction of sp³-hybridized carbons (Fsp3) is 0.381. The van der Waals surface area contributed by atoms with Gasteiger partial charge in [-0.3, -0.25) is 4.79 Å². The number of halogens is 1. The van der Waals surface area contributed by atoms with Gasteiger partial charge in [0.1, 0.15) is 5.75 Å². The molecule has 0 radical (unpaired) electrons. The lowest BCUT2D eigenvalue weighted by atomic mass is 10.1. The lowest BCUT2D eigenvalue weighted by Crippen LogP contribution is -2.48. The molecule has 1 saturated heterocycles. The van der Waals surface area contributed by atoms with Crippen LogP contribution in [0.5, 0.6) is 5.75 Å². The third-order valence-electron chi connectivity index (χ3n) is 5.14. The number of nitrogens with one attached hydrogen (secondary N) is 1. The molecule has 0 atom stereocenters. The van der Waals surface area contributed by atoms with Crippen molar-refractivity contribution in [2.24, 2.45) is 0 Å². The van der Waals surface area contributed by atoms with Crippen LogP contribution >= 0.6 is 11.6 Å². The Labute approximate surface area is 182 Å². The number of ether oxygens (including phenoxy) is 1. The zero-order chi connectivity index (χ0) is 21.9. The minimum atomic E-state index is -3.74. The summed E-state index contributed by atoms with van der Waals surface area (Å²) < 4.78 is 33.1. The normalized spacial score (nSPS) is 15.1. The van der Waals surface area contributed by atoms with E-state index < -0.39 is 10.0 Å². The molecule has 2 aromatic rings. The largest absolute Gasteiger partial charge is 0.496 e. The van der Waals surface area contributed by atoms with Gasteiger partial charge in [-0.05, 0) is 49.7 Å². The lowest BCUT2D eigenvalue weighted by molar-refractivity contribution is 0.0952. The Hall–Kier alpha value is -2.29. The first kappa shape index (κ1) is 22.4. The van der Waals surface area contributed by atoms with Crippen molar-refractivity contribution in [2.45, 2.75) is 18.7 Å². The van der Waals surface area contributed by atoms with Crippen molar-refractivity contribution in [1.82, 2.24) is 9.62 Å². The molecule has 0 unspecified atom stereocenters. The van der Waals surface area contributed by atoms with E-state index in [9.17, 15) is 13.2 Å². The van der Waals surface area contributed by atoms with Gasteiger partial charge in [-0.2, -0.15) is 4.31 Å². The summed E-state index contributed by atoms with van der Waals surface area (Å²) in [6.07, 6.45) is 0. The maximum atomic E-state index is 13.2. The molecule has 0 spiro atoms. The van der Waals surface area contributed by atoms with Crippen molar-refractivity contribution in [3.63, 3.8) is 0 Å². The van der Waals surface area contributed by atoms with Gasteiger partial charge in [0.25, 0.3) is 5.91 Å². The van der Waals surface area contributed by atoms with Crippen LogP contribution in [0.25, 0.3) is 0 Å². The number of aryl methyl sites for hydroxylation is 1. The van der Waals surface area contributed by atoms with E-state index in [0.717, 1.165) is 11.3 Å². The molecule has 7 nitrogen and oxygen atoms in total. The van der Waals surface area contributed by atoms with Gasteiger partial charge in [-0.25, -0.2) is 8.42 Å². The van der Waals surface area contributed by atoms with E-state index in [4.69, 9.17) is 16.3 Å². The second kappa shape index (κ2) is 9.24. The summed E-state index contributed by atoms with van der Waals surface area (Å²) in [6.45, 7) is 6.04. The fourth-order valence-corrected chi connectivity index (χ4v) is 5.14. The molecule has 0 bridgehead atoms. The minimum absolute atomic E-state index is 0.0805. The van der Waals surface area contributed by atoms with Gasteiger partial charge in [0.2, 0.25) is 10.0 Å². The number of benzene rings is 2. The predicted octanol–water partition coefficient (Wildman–Crippen LogP) is 2.92. The molecule has 1 N–H and O–H groups in total. The average molecular weight is 452 g/mol. The molecule has 1 fully saturated rings. The maximum Gasteiger partial charge on any atom is 0.255 e. The van der Waals surface area contributed by atoms with Gasteiger partial charge in [-0.15, -0.1) is 0 Å². The highest BCUT2D eigenvalue weighted by atomic mass is 35.5. The molecule has 1 aliphatic heterocycles. The van der Waals surface area contributed by atoms with Crippen molar-refractivity contribution < 1.29 is 17.9 Å². The number of amides is 1. The Kier molecular flexibility index (Phi) is 6.90. The van der Waals surface area contributed by atoms with Crippen LogP contribution in [0.1, 0.15) is 22.8 Å². The lowest BCUT2D eigenvalue weighted by Gasteiger charge is -2.36. The number of hydrogen-bond acceptors (Lipinski definition) is 5. The van der Waals surface area contributed by atoms with E-state index >= 15 is 0 Å². The van der Waals surface area contributed by atoms with Crippen LogP contribution in [0.3, 0.4) is 0 Å². The summed E-state index contributed by atoms with van der Waals surface area (Å²) in [5.74, 6) is -0.0335. The summed E-state index contributed by atoms with van der Waals surface area (Å²) in [6, 6.07) is 10.1. The minimum Gasteiger partial charge on any atom is -0.496 e. The number of carbonyl (C=O) groups excluding carboxylic acids is 1. The van der Waals surface area contributed by atoms with Crippen LogP contribution in [0.15, 0.2) is 41.3 Å². The Balaban J connectivity index is 1.81. The van der Waals surface area contributed by atoms with Gasteiger partial charge in [-0.1, -0.05) is 17.7 Å². The SMILES string of the molecule is CCNC(=O)c1cc(S(=O)(=O)N2CCN(c3cc(Cl)ccc3C)CC2)ccc1OC. The van der Waals surface area contributed by atoms with Crippen LogP contribution in [0.2, 0.25) is 5.02 Å². The molecule has 0 saturated carbocycles. The zero-order valence-corrected chi connectivity index (χ0v) is 18.9. The van der Waals surface area contributed by atoms with Crippen LogP contribution in [-0.2, 0) is 10.0 Å². The summed E-state index contributed by atoms with van der Waals surface area (Å²) >= 11 is 6.13. The van der Waals surface area contributed by atoms with E-state index in [1.165, 1.54) is 29.6 Å². The van der Waals surface area contributed by atoms with Gasteiger partial charge >= 0.3 is 0 Å². The number of carbonyl (C=O) groups is 1. The number of methoxy groups -OCH3 is 1. The molecular formula is C21H26ClN3O4S. The Morgan fingerprint density at radius 2 is 1.83 bits per heavy atom. The molecule has 1 heterocycles. The standard InChI is InChI=1S/C21H26ClN3O4S/c1-4-23-21(26)18-14-17(7-8-20(18)29-3)30(27,28)25-11-9-24(10-12-25)19-13-16(22)6-5-15(19)2/h5-8,13-14H,4,9-12H2,1-3H3,(H,23,26). The molecule has 9 heteroatoms. The van der Waals surface area contributed by atoms with Crippen molar-refractivity contribution in [1.29, 1.82) is 0 Å². The summed E-state index contributed by atoms with van der Waals surface area (Å²) in [7, 11) is -2.29. The van der Waals surface area contributed by atoms with Crippen molar-refractivity contribution in [3.8, 4) is 5.75 Å². The number of rotatable bonds is 6. The third kappa shape index (κ3) is 4.55. The van der Waals surface area contributed by atoms with Crippen LogP contribution in [-0.4, -0.2) is 58.5 Å². The molecule has 1 aliphatic rings. The van der Waals surface area contributed by atoms with Crippen molar-refractivity contribution in [2.75, 3.05) is 44.7 Å². The van der Waals surface area contributed by atoms with E-state index in [1.807, 2.05) is 25.1 Å². The first-order valence-electron chi connectivity index (χ1n) is 9.75. The smallest absolute Gasteiger partial charge is 0.255 e. The topological polar surface area (TPSA) is 79.0 Å². The first-order chi connectivity index (χ1) is 14.3. The van der Waals surface area contributed by atoms with E-state index in [1.54, 1.807) is 6.92 Å². The number of anilines is 1. The quantitative estimate of drug-likeness (QED) is 0.730. The average Bonchev–Trinajstić information content (AvgIpc) is 2.75. The van der Waals surface area contributed by atoms with Crippen molar-refractivity contribution in [3.05, 3.63) is 52.5 Å². The first-order valence-corrected chi connectivity index (χ1v) is 11.6. The molecule has 30 heavy (non-hydrogen) atoms. The summed E-state index contributed by atoms with van der Waals surface area (Å²) in [4.78, 5) is 14.5. The predicted molar refractivity (Wildman–Crippen MR) is 118 cm³/mol. The van der Waals surface area contributed by atoms with Crippen LogP contribution < -0.4 is 15.0 Å². The molecule has 2 aromatic carbocycles. The molecule has 3 rings (SSSR count). The highest BCUT2D eigenvalue weighted by molar-refractivity contribution is 7.89. The maximum absolute atomic E-state index is 13.2. The Morgan fingerprint density at radius 3 is 2.47 bits per heavy atom. The van der Waals surface area contributed by atoms with Crippen LogP contribution in [0.4, 0.5) is 5.69 Å². The number of hydrogen-bond donors (Lipinski definition) is 1. The van der Waals surface area contributed by atoms with E-state index in [0.29, 0.717) is 43.5 Å². The van der Waals surface area contributed by atoms with Gasteiger partial charge in [0.15, 0.2) is 0 Å². The summed E-state index contributed by atoms with van der Waals surface area (Å²) in [5, 5.41) is 3.34. The number of piperazine rings is 1. The van der Waals surface area contributed by atoms with E-state index in [-0.39, 0.29) is 16.4 Å². The second-order valence-corrected chi connectivity index (χ2v) is 9.42. The zero-order valence-electron chi connectivity index (χ0n) is 17.3. The Morgan fingerprint density at radius 1 is 1.13 bits per heavy atom. The molecule has 162 valence electrons. The second-order valence-electron chi connectivity index (χ2n) is 7.04. The van der Waals surface area contributed by atoms with Gasteiger partial charge in [0.05, 0.1) is 17.6 Å². The molecule has 0 aromatic heterocycles. The van der Waals surface area contributed by atoms with Gasteiger partial charge in [0, 0.05) is 43.4 Å². The number of sulfonamides is 1. The Bertz CT molecular complexity index is 1030. The molecule has 1 amide bonds. The summed E-state index contributed by atoms with van der Waals surface area (Å²) in [5.41, 5.74) is 2.31. The van der Waals surface area contributed by atoms with Crippen LogP contribution in [0, 0.1) is 6.92 Å². The highest BCUT2D eigenvalue weighted by Crippen LogP contribution is 2.28. The van der Waals surface area contributed by atoms with Gasteiger partial charge < -0.3 is 15.0 Å². The fourth-order valence-electron chi connectivity index (χ4n) is 3.52. The van der Waals surface area contributed by atoms with Crippen molar-refractivity contribution >= 4 is 33.2 Å². The number of nitrogens with zero attached hydrogens (tertiary/aromatic N) is 2. The highest BCUT2D eigenvalue weighted by Gasteiger charge is 2.30. The molecule has 0 aliphatic carbocycles. The van der Waals surface area contributed by atoms with E-state index in [2.05, 4.69) is 10.2 Å².